The SMILES string of the molecule is CCCC(c1ccccc1)(C1CCCC1)C1C2C=C(C(C)(C)C)C=CC2C2C=CC(C(C)(C)C)=CC21. The Morgan fingerprint density at radius 2 is 1.19 bits per heavy atom. The van der Waals surface area contributed by atoms with Gasteiger partial charge in [0.25, 0.3) is 0 Å². The maximum atomic E-state index is 2.76. The molecule has 0 saturated heterocycles. The lowest BCUT2D eigenvalue weighted by molar-refractivity contribution is 0.106. The highest BCUT2D eigenvalue weighted by Crippen LogP contribution is 2.64. The standard InChI is InChI=1S/C36H50/c1-8-22-36(26-16-12-13-17-26,25-14-10-9-11-15-25)33-31-23-27(34(2,3)4)18-20-29(31)30-21-19-28(24-32(30)33)35(5,6)7/h9-11,14-15,18-21,23-24,26,29-33H,8,12-13,16-17,22H2,1-7H3. The van der Waals surface area contributed by atoms with Crippen LogP contribution in [0, 0.1) is 46.3 Å². The lowest BCUT2D eigenvalue weighted by atomic mass is 9.54. The second-order valence-electron chi connectivity index (χ2n) is 14.4. The second-order valence-corrected chi connectivity index (χ2v) is 14.4. The third-order valence-electron chi connectivity index (χ3n) is 10.3. The smallest absolute Gasteiger partial charge is 0.00210 e. The minimum absolute atomic E-state index is 0.190. The molecule has 0 aliphatic heterocycles. The van der Waals surface area contributed by atoms with Gasteiger partial charge in [-0.25, -0.2) is 0 Å². The first-order valence-corrected chi connectivity index (χ1v) is 14.9. The minimum atomic E-state index is 0.190. The fourth-order valence-electron chi connectivity index (χ4n) is 8.65. The van der Waals surface area contributed by atoms with Crippen LogP contribution < -0.4 is 0 Å². The van der Waals surface area contributed by atoms with E-state index in [0.29, 0.717) is 29.6 Å². The monoisotopic (exact) mass is 482 g/mol. The zero-order valence-corrected chi connectivity index (χ0v) is 24.1. The Morgan fingerprint density at radius 1 is 0.694 bits per heavy atom. The van der Waals surface area contributed by atoms with Gasteiger partial charge in [-0.05, 0) is 82.3 Å². The van der Waals surface area contributed by atoms with Crippen LogP contribution in [0.1, 0.15) is 92.6 Å². The lowest BCUT2D eigenvalue weighted by Gasteiger charge is -2.50. The van der Waals surface area contributed by atoms with Crippen LogP contribution in [0.4, 0.5) is 0 Å². The highest BCUT2D eigenvalue weighted by atomic mass is 14.6. The number of benzene rings is 1. The van der Waals surface area contributed by atoms with Gasteiger partial charge in [0.1, 0.15) is 0 Å². The van der Waals surface area contributed by atoms with Crippen molar-refractivity contribution in [1.29, 1.82) is 0 Å². The van der Waals surface area contributed by atoms with Crippen molar-refractivity contribution in [2.24, 2.45) is 46.3 Å². The quantitative estimate of drug-likeness (QED) is 0.391. The Balaban J connectivity index is 1.75. The summed E-state index contributed by atoms with van der Waals surface area (Å²) < 4.78 is 0. The maximum absolute atomic E-state index is 2.76. The Kier molecular flexibility index (Phi) is 6.80. The Hall–Kier alpha value is -1.82. The molecule has 0 heteroatoms. The summed E-state index contributed by atoms with van der Waals surface area (Å²) in [7, 11) is 0. The summed E-state index contributed by atoms with van der Waals surface area (Å²) in [5.74, 6) is 3.86. The summed E-state index contributed by atoms with van der Waals surface area (Å²) in [6.07, 6.45) is 23.9. The molecule has 194 valence electrons. The van der Waals surface area contributed by atoms with Gasteiger partial charge in [0.05, 0.1) is 0 Å². The van der Waals surface area contributed by atoms with Gasteiger partial charge in [0.15, 0.2) is 0 Å². The maximum Gasteiger partial charge on any atom is 0.00210 e. The van der Waals surface area contributed by atoms with E-state index >= 15 is 0 Å². The van der Waals surface area contributed by atoms with Crippen molar-refractivity contribution in [3.8, 4) is 0 Å². The Morgan fingerprint density at radius 3 is 1.64 bits per heavy atom. The van der Waals surface area contributed by atoms with Crippen LogP contribution >= 0.6 is 0 Å². The molecule has 4 aliphatic rings. The van der Waals surface area contributed by atoms with Crippen molar-refractivity contribution in [1.82, 2.24) is 0 Å². The van der Waals surface area contributed by atoms with Gasteiger partial charge in [-0.2, -0.15) is 0 Å². The number of hydrogen-bond donors (Lipinski definition) is 0. The van der Waals surface area contributed by atoms with Gasteiger partial charge in [0.2, 0.25) is 0 Å². The third kappa shape index (κ3) is 4.31. The molecule has 0 N–H and O–H groups in total. The van der Waals surface area contributed by atoms with E-state index in [2.05, 4.69) is 115 Å². The minimum Gasteiger partial charge on any atom is -0.0799 e. The molecule has 5 atom stereocenters. The molecule has 0 bridgehead atoms. The third-order valence-corrected chi connectivity index (χ3v) is 10.3. The Bertz CT molecular complexity index is 991. The molecular weight excluding hydrogens is 432 g/mol. The number of hydrogen-bond acceptors (Lipinski definition) is 0. The van der Waals surface area contributed by atoms with Gasteiger partial charge in [-0.3, -0.25) is 0 Å². The van der Waals surface area contributed by atoms with Crippen LogP contribution in [0.5, 0.6) is 0 Å². The molecule has 4 aliphatic carbocycles. The molecule has 0 heterocycles. The Labute approximate surface area is 222 Å². The van der Waals surface area contributed by atoms with Gasteiger partial charge in [-0.15, -0.1) is 0 Å². The van der Waals surface area contributed by atoms with Crippen LogP contribution in [0.3, 0.4) is 0 Å². The predicted molar refractivity (Wildman–Crippen MR) is 156 cm³/mol. The molecule has 0 radical (unpaired) electrons. The molecule has 0 spiro atoms. The molecule has 36 heavy (non-hydrogen) atoms. The van der Waals surface area contributed by atoms with E-state index in [9.17, 15) is 0 Å². The van der Waals surface area contributed by atoms with Gasteiger partial charge < -0.3 is 0 Å². The molecule has 0 aromatic heterocycles. The largest absolute Gasteiger partial charge is 0.0799 e. The molecule has 5 unspecified atom stereocenters. The zero-order chi connectivity index (χ0) is 25.7. The summed E-state index contributed by atoms with van der Waals surface area (Å²) >= 11 is 0. The van der Waals surface area contributed by atoms with E-state index in [1.54, 1.807) is 16.7 Å². The van der Waals surface area contributed by atoms with Crippen molar-refractivity contribution >= 4 is 0 Å². The van der Waals surface area contributed by atoms with Crippen molar-refractivity contribution in [2.45, 2.75) is 92.4 Å². The first-order valence-electron chi connectivity index (χ1n) is 14.9. The molecule has 0 amide bonds. The van der Waals surface area contributed by atoms with Crippen molar-refractivity contribution in [2.75, 3.05) is 0 Å². The zero-order valence-electron chi connectivity index (χ0n) is 24.1. The average molecular weight is 483 g/mol. The number of rotatable bonds is 5. The number of fused-ring (bicyclic) bond motifs is 3. The molecule has 5 rings (SSSR count). The highest BCUT2D eigenvalue weighted by molar-refractivity contribution is 5.42. The number of allylic oxidation sites excluding steroid dienone is 8. The summed E-state index contributed by atoms with van der Waals surface area (Å²) in [5.41, 5.74) is 5.33. The van der Waals surface area contributed by atoms with E-state index in [1.807, 2.05) is 0 Å². The highest BCUT2D eigenvalue weighted by Gasteiger charge is 2.59. The fourth-order valence-corrected chi connectivity index (χ4v) is 8.65. The molecule has 1 aromatic rings. The van der Waals surface area contributed by atoms with E-state index in [0.717, 1.165) is 5.92 Å². The molecule has 2 fully saturated rings. The second kappa shape index (κ2) is 9.49. The van der Waals surface area contributed by atoms with Crippen LogP contribution in [0.15, 0.2) is 77.9 Å². The first-order chi connectivity index (χ1) is 17.1. The van der Waals surface area contributed by atoms with Crippen LogP contribution in [0.25, 0.3) is 0 Å². The van der Waals surface area contributed by atoms with Gasteiger partial charge >= 0.3 is 0 Å². The van der Waals surface area contributed by atoms with Gasteiger partial charge in [0, 0.05) is 5.41 Å². The van der Waals surface area contributed by atoms with Crippen molar-refractivity contribution in [3.63, 3.8) is 0 Å². The molecule has 0 nitrogen and oxygen atoms in total. The van der Waals surface area contributed by atoms with Crippen LogP contribution in [0.2, 0.25) is 0 Å². The van der Waals surface area contributed by atoms with Crippen LogP contribution in [-0.2, 0) is 5.41 Å². The summed E-state index contributed by atoms with van der Waals surface area (Å²) in [6, 6.07) is 11.8. The van der Waals surface area contributed by atoms with E-state index < -0.39 is 0 Å². The fraction of sp³-hybridized carbons (Fsp3) is 0.611. The molecule has 1 aromatic carbocycles. The van der Waals surface area contributed by atoms with E-state index in [4.69, 9.17) is 0 Å². The normalized spacial score (nSPS) is 32.0. The van der Waals surface area contributed by atoms with Crippen LogP contribution in [-0.4, -0.2) is 0 Å². The summed E-state index contributed by atoms with van der Waals surface area (Å²) in [6.45, 7) is 16.8. The lowest BCUT2D eigenvalue weighted by Crippen LogP contribution is -2.46. The van der Waals surface area contributed by atoms with Gasteiger partial charge in [-0.1, -0.05) is 135 Å². The average Bonchev–Trinajstić information content (AvgIpc) is 3.48. The van der Waals surface area contributed by atoms with E-state index in [-0.39, 0.29) is 16.2 Å². The van der Waals surface area contributed by atoms with E-state index in [1.165, 1.54) is 38.5 Å². The first kappa shape index (κ1) is 25.8. The molecule has 2 saturated carbocycles. The molecular formula is C36H50. The summed E-state index contributed by atoms with van der Waals surface area (Å²) in [5, 5.41) is 0. The van der Waals surface area contributed by atoms with Crippen molar-refractivity contribution < 1.29 is 0 Å². The predicted octanol–water partition coefficient (Wildman–Crippen LogP) is 10.1. The van der Waals surface area contributed by atoms with Crippen molar-refractivity contribution in [3.05, 3.63) is 83.5 Å². The summed E-state index contributed by atoms with van der Waals surface area (Å²) in [4.78, 5) is 0. The topological polar surface area (TPSA) is 0 Å².